The Bertz CT molecular complexity index is 739. The van der Waals surface area contributed by atoms with Gasteiger partial charge in [0.15, 0.2) is 11.5 Å². The summed E-state index contributed by atoms with van der Waals surface area (Å²) in [6.07, 6.45) is 0. The summed E-state index contributed by atoms with van der Waals surface area (Å²) in [6.45, 7) is 0. The van der Waals surface area contributed by atoms with E-state index in [1.807, 2.05) is 12.1 Å². The summed E-state index contributed by atoms with van der Waals surface area (Å²) in [6, 6.07) is 10.3. The van der Waals surface area contributed by atoms with Crippen LogP contribution in [0.15, 0.2) is 36.4 Å². The number of halogens is 1. The molecule has 0 amide bonds. The number of phenolic OH excluding ortho intramolecular Hbond substituents is 2. The second kappa shape index (κ2) is 4.15. The average molecular weight is 278 g/mol. The smallest absolute Gasteiger partial charge is 0.167 e. The Labute approximate surface area is 112 Å². The Kier molecular flexibility index (Phi) is 2.61. The van der Waals surface area contributed by atoms with Gasteiger partial charge in [0, 0.05) is 5.02 Å². The lowest BCUT2D eigenvalue weighted by atomic mass is 10.2. The van der Waals surface area contributed by atoms with Crippen molar-refractivity contribution in [3.8, 4) is 22.1 Å². The summed E-state index contributed by atoms with van der Waals surface area (Å²) in [5.41, 5.74) is 1.34. The maximum atomic E-state index is 9.82. The van der Waals surface area contributed by atoms with Crippen molar-refractivity contribution in [1.82, 2.24) is 4.98 Å². The van der Waals surface area contributed by atoms with Gasteiger partial charge in [-0.3, -0.25) is 0 Å². The van der Waals surface area contributed by atoms with Crippen molar-refractivity contribution in [3.05, 3.63) is 41.4 Å². The van der Waals surface area contributed by atoms with Crippen LogP contribution >= 0.6 is 22.9 Å². The fraction of sp³-hybridized carbons (Fsp3) is 0. The van der Waals surface area contributed by atoms with E-state index in [4.69, 9.17) is 11.6 Å². The van der Waals surface area contributed by atoms with E-state index < -0.39 is 0 Å². The molecule has 2 N–H and O–H groups in total. The van der Waals surface area contributed by atoms with Crippen LogP contribution < -0.4 is 0 Å². The first-order valence-corrected chi connectivity index (χ1v) is 6.42. The van der Waals surface area contributed by atoms with Crippen LogP contribution in [0.3, 0.4) is 0 Å². The lowest BCUT2D eigenvalue weighted by Gasteiger charge is -2.01. The van der Waals surface area contributed by atoms with E-state index in [-0.39, 0.29) is 11.5 Å². The quantitative estimate of drug-likeness (QED) is 0.660. The molecule has 0 aliphatic heterocycles. The summed E-state index contributed by atoms with van der Waals surface area (Å²) >= 11 is 7.34. The van der Waals surface area contributed by atoms with Gasteiger partial charge in [0.2, 0.25) is 0 Å². The molecule has 3 aromatic rings. The number of rotatable bonds is 1. The maximum absolute atomic E-state index is 9.82. The average Bonchev–Trinajstić information content (AvgIpc) is 2.75. The molecule has 5 heteroatoms. The van der Waals surface area contributed by atoms with E-state index in [0.29, 0.717) is 15.6 Å². The molecule has 0 spiro atoms. The Hall–Kier alpha value is -1.78. The minimum atomic E-state index is -0.150. The van der Waals surface area contributed by atoms with Crippen LogP contribution in [0, 0.1) is 0 Å². The van der Waals surface area contributed by atoms with Gasteiger partial charge in [-0.25, -0.2) is 4.98 Å². The van der Waals surface area contributed by atoms with Crippen molar-refractivity contribution in [2.24, 2.45) is 0 Å². The fourth-order valence-electron chi connectivity index (χ4n) is 1.72. The molecule has 1 aromatic heterocycles. The molecule has 0 saturated heterocycles. The van der Waals surface area contributed by atoms with Crippen LogP contribution in [0.2, 0.25) is 5.02 Å². The van der Waals surface area contributed by atoms with Crippen LogP contribution in [0.5, 0.6) is 11.5 Å². The van der Waals surface area contributed by atoms with E-state index in [0.717, 1.165) is 10.2 Å². The zero-order valence-electron chi connectivity index (χ0n) is 9.09. The van der Waals surface area contributed by atoms with Gasteiger partial charge in [0.1, 0.15) is 5.01 Å². The molecule has 3 nitrogen and oxygen atoms in total. The molecule has 0 saturated carbocycles. The predicted molar refractivity (Wildman–Crippen MR) is 73.4 cm³/mol. The highest BCUT2D eigenvalue weighted by Crippen LogP contribution is 2.39. The van der Waals surface area contributed by atoms with E-state index in [9.17, 15) is 10.2 Å². The van der Waals surface area contributed by atoms with Crippen LogP contribution in [-0.2, 0) is 0 Å². The van der Waals surface area contributed by atoms with Crippen LogP contribution in [0.25, 0.3) is 20.8 Å². The highest BCUT2D eigenvalue weighted by atomic mass is 35.5. The summed E-state index contributed by atoms with van der Waals surface area (Å²) in [7, 11) is 0. The first-order valence-electron chi connectivity index (χ1n) is 5.22. The zero-order valence-corrected chi connectivity index (χ0v) is 10.7. The molecule has 0 unspecified atom stereocenters. The Balaban J connectivity index is 2.22. The lowest BCUT2D eigenvalue weighted by Crippen LogP contribution is -1.78. The summed E-state index contributed by atoms with van der Waals surface area (Å²) < 4.78 is 0.945. The molecule has 2 aromatic carbocycles. The Morgan fingerprint density at radius 2 is 1.94 bits per heavy atom. The number of nitrogens with zero attached hydrogens (tertiary/aromatic N) is 1. The Morgan fingerprint density at radius 3 is 2.78 bits per heavy atom. The van der Waals surface area contributed by atoms with Crippen LogP contribution in [-0.4, -0.2) is 15.2 Å². The van der Waals surface area contributed by atoms with Crippen LogP contribution in [0.4, 0.5) is 0 Å². The topological polar surface area (TPSA) is 53.4 Å². The van der Waals surface area contributed by atoms with Gasteiger partial charge in [-0.2, -0.15) is 0 Å². The molecule has 0 aliphatic carbocycles. The number of hydrogen-bond donors (Lipinski definition) is 2. The van der Waals surface area contributed by atoms with Gasteiger partial charge in [-0.05, 0) is 30.3 Å². The minimum Gasteiger partial charge on any atom is -0.504 e. The third kappa shape index (κ3) is 1.79. The molecule has 0 atom stereocenters. The SMILES string of the molecule is Oc1cccc(-c2nc3ccc(Cl)cc3s2)c1O. The summed E-state index contributed by atoms with van der Waals surface area (Å²) in [5, 5.41) is 20.6. The van der Waals surface area contributed by atoms with Crippen molar-refractivity contribution in [2.45, 2.75) is 0 Å². The number of aromatic hydroxyl groups is 2. The summed E-state index contributed by atoms with van der Waals surface area (Å²) in [4.78, 5) is 4.41. The Morgan fingerprint density at radius 1 is 1.11 bits per heavy atom. The number of hydrogen-bond acceptors (Lipinski definition) is 4. The third-order valence-electron chi connectivity index (χ3n) is 2.60. The van der Waals surface area contributed by atoms with E-state index in [1.165, 1.54) is 17.4 Å². The van der Waals surface area contributed by atoms with Crippen molar-refractivity contribution < 1.29 is 10.2 Å². The number of fused-ring (bicyclic) bond motifs is 1. The minimum absolute atomic E-state index is 0.148. The van der Waals surface area contributed by atoms with Gasteiger partial charge in [0.25, 0.3) is 0 Å². The number of phenols is 2. The van der Waals surface area contributed by atoms with E-state index in [2.05, 4.69) is 4.98 Å². The number of para-hydroxylation sites is 1. The van der Waals surface area contributed by atoms with Gasteiger partial charge >= 0.3 is 0 Å². The predicted octanol–water partition coefficient (Wildman–Crippen LogP) is 4.03. The van der Waals surface area contributed by atoms with E-state index in [1.54, 1.807) is 18.2 Å². The number of benzene rings is 2. The zero-order chi connectivity index (χ0) is 12.7. The van der Waals surface area contributed by atoms with Crippen LogP contribution in [0.1, 0.15) is 0 Å². The normalized spacial score (nSPS) is 10.9. The standard InChI is InChI=1S/C13H8ClNO2S/c14-7-4-5-9-11(6-7)18-13(15-9)8-2-1-3-10(16)12(8)17/h1-6,16-17H. The molecule has 90 valence electrons. The van der Waals surface area contributed by atoms with Gasteiger partial charge in [-0.15, -0.1) is 11.3 Å². The molecule has 0 fully saturated rings. The maximum Gasteiger partial charge on any atom is 0.167 e. The highest BCUT2D eigenvalue weighted by molar-refractivity contribution is 7.21. The second-order valence-corrected chi connectivity index (χ2v) is 5.27. The first-order chi connectivity index (χ1) is 8.65. The first kappa shape index (κ1) is 11.3. The molecule has 0 radical (unpaired) electrons. The third-order valence-corrected chi connectivity index (χ3v) is 3.88. The lowest BCUT2D eigenvalue weighted by molar-refractivity contribution is 0.405. The monoisotopic (exact) mass is 277 g/mol. The number of aromatic nitrogens is 1. The van der Waals surface area contributed by atoms with Gasteiger partial charge in [0.05, 0.1) is 15.8 Å². The van der Waals surface area contributed by atoms with Crippen molar-refractivity contribution in [1.29, 1.82) is 0 Å². The molecule has 0 aliphatic rings. The summed E-state index contributed by atoms with van der Waals surface area (Å²) in [5.74, 6) is -0.299. The van der Waals surface area contributed by atoms with Crippen molar-refractivity contribution in [2.75, 3.05) is 0 Å². The van der Waals surface area contributed by atoms with Gasteiger partial charge in [-0.1, -0.05) is 17.7 Å². The molecule has 3 rings (SSSR count). The van der Waals surface area contributed by atoms with E-state index >= 15 is 0 Å². The molecule has 1 heterocycles. The molecular formula is C13H8ClNO2S. The fourth-order valence-corrected chi connectivity index (χ4v) is 2.99. The molecule has 0 bridgehead atoms. The van der Waals surface area contributed by atoms with Gasteiger partial charge < -0.3 is 10.2 Å². The second-order valence-electron chi connectivity index (χ2n) is 3.80. The molecule has 18 heavy (non-hydrogen) atoms. The largest absolute Gasteiger partial charge is 0.504 e. The highest BCUT2D eigenvalue weighted by Gasteiger charge is 2.12. The van der Waals surface area contributed by atoms with Crippen molar-refractivity contribution >= 4 is 33.2 Å². The number of thiazole rings is 1. The molecular weight excluding hydrogens is 270 g/mol. The van der Waals surface area contributed by atoms with Crippen molar-refractivity contribution in [3.63, 3.8) is 0 Å².